The second-order valence-corrected chi connectivity index (χ2v) is 8.89. The van der Waals surface area contributed by atoms with Crippen molar-refractivity contribution in [2.45, 2.75) is 38.1 Å². The van der Waals surface area contributed by atoms with E-state index >= 15 is 0 Å². The summed E-state index contributed by atoms with van der Waals surface area (Å²) in [5, 5.41) is 14.9. The number of hydrogen-bond acceptors (Lipinski definition) is 5. The van der Waals surface area contributed by atoms with Gasteiger partial charge >= 0.3 is 12.1 Å². The molecule has 1 aliphatic heterocycles. The van der Waals surface area contributed by atoms with Crippen molar-refractivity contribution in [2.24, 2.45) is 5.41 Å². The molecular weight excluding hydrogens is 436 g/mol. The van der Waals surface area contributed by atoms with Gasteiger partial charge in [-0.25, -0.2) is 4.79 Å². The van der Waals surface area contributed by atoms with Gasteiger partial charge in [-0.3, -0.25) is 9.59 Å². The molecule has 2 aromatic rings. The van der Waals surface area contributed by atoms with E-state index in [1.807, 2.05) is 36.4 Å². The molecule has 0 spiro atoms. The Kier molecular flexibility index (Phi) is 7.17. The van der Waals surface area contributed by atoms with Gasteiger partial charge in [-0.05, 0) is 41.5 Å². The molecule has 8 nitrogen and oxygen atoms in total. The van der Waals surface area contributed by atoms with E-state index in [1.54, 1.807) is 6.92 Å². The Morgan fingerprint density at radius 3 is 2.32 bits per heavy atom. The van der Waals surface area contributed by atoms with Crippen molar-refractivity contribution in [2.75, 3.05) is 26.4 Å². The van der Waals surface area contributed by atoms with Gasteiger partial charge in [0.1, 0.15) is 18.1 Å². The molecule has 180 valence electrons. The fourth-order valence-electron chi connectivity index (χ4n) is 4.75. The Morgan fingerprint density at radius 1 is 1.12 bits per heavy atom. The number of amides is 2. The lowest BCUT2D eigenvalue weighted by Crippen LogP contribution is -2.53. The molecule has 2 atom stereocenters. The number of hydrogen-bond donors (Lipinski definition) is 3. The molecular formula is C26H30N2O6. The molecule has 0 aromatic heterocycles. The van der Waals surface area contributed by atoms with Crippen LogP contribution in [0, 0.1) is 5.41 Å². The summed E-state index contributed by atoms with van der Waals surface area (Å²) < 4.78 is 10.9. The van der Waals surface area contributed by atoms with Gasteiger partial charge in [0.2, 0.25) is 5.91 Å². The monoisotopic (exact) mass is 466 g/mol. The Balaban J connectivity index is 1.34. The van der Waals surface area contributed by atoms with Gasteiger partial charge in [0.05, 0.1) is 6.61 Å². The zero-order valence-corrected chi connectivity index (χ0v) is 19.2. The van der Waals surface area contributed by atoms with Crippen LogP contribution in [0.15, 0.2) is 48.5 Å². The van der Waals surface area contributed by atoms with E-state index in [4.69, 9.17) is 9.47 Å². The largest absolute Gasteiger partial charge is 0.481 e. The van der Waals surface area contributed by atoms with Gasteiger partial charge in [-0.1, -0.05) is 55.5 Å². The first-order valence-corrected chi connectivity index (χ1v) is 11.7. The van der Waals surface area contributed by atoms with Crippen LogP contribution in [0.1, 0.15) is 43.2 Å². The highest BCUT2D eigenvalue weighted by atomic mass is 16.5. The Morgan fingerprint density at radius 2 is 1.76 bits per heavy atom. The van der Waals surface area contributed by atoms with E-state index in [9.17, 15) is 19.5 Å². The molecule has 2 aliphatic rings. The van der Waals surface area contributed by atoms with Crippen LogP contribution in [0.25, 0.3) is 11.1 Å². The van der Waals surface area contributed by atoms with E-state index in [1.165, 1.54) is 0 Å². The highest BCUT2D eigenvalue weighted by Gasteiger charge is 2.41. The third-order valence-corrected chi connectivity index (χ3v) is 6.74. The summed E-state index contributed by atoms with van der Waals surface area (Å²) in [7, 11) is 0. The van der Waals surface area contributed by atoms with Crippen LogP contribution in [0.3, 0.4) is 0 Å². The minimum atomic E-state index is -1.14. The first-order chi connectivity index (χ1) is 16.4. The molecule has 4 rings (SSSR count). The number of benzene rings is 2. The van der Waals surface area contributed by atoms with Gasteiger partial charge in [-0.15, -0.1) is 0 Å². The van der Waals surface area contributed by atoms with Crippen molar-refractivity contribution in [3.05, 3.63) is 59.7 Å². The molecule has 2 amide bonds. The molecule has 1 saturated heterocycles. The average molecular weight is 467 g/mol. The summed E-state index contributed by atoms with van der Waals surface area (Å²) in [6.07, 6.45) is 0.709. The SMILES string of the molecule is CC[C@@H](NC(=O)OCC1c2ccccc2-c2ccccc21)C(=O)NCC1(C(=O)O)CCCOC1. The molecule has 8 heteroatoms. The topological polar surface area (TPSA) is 114 Å². The number of rotatable bonds is 8. The van der Waals surface area contributed by atoms with E-state index < -0.39 is 29.4 Å². The molecule has 1 heterocycles. The Bertz CT molecular complexity index is 1020. The van der Waals surface area contributed by atoms with Crippen LogP contribution in [0.4, 0.5) is 4.79 Å². The number of alkyl carbamates (subject to hydrolysis) is 1. The second-order valence-electron chi connectivity index (χ2n) is 8.89. The number of aliphatic carboxylic acids is 1. The van der Waals surface area contributed by atoms with Crippen molar-refractivity contribution in [3.8, 4) is 11.1 Å². The zero-order valence-electron chi connectivity index (χ0n) is 19.2. The van der Waals surface area contributed by atoms with E-state index in [0.29, 0.717) is 25.9 Å². The van der Waals surface area contributed by atoms with Crippen molar-refractivity contribution in [3.63, 3.8) is 0 Å². The lowest BCUT2D eigenvalue weighted by Gasteiger charge is -2.33. The number of nitrogens with one attached hydrogen (secondary N) is 2. The highest BCUT2D eigenvalue weighted by Crippen LogP contribution is 2.44. The van der Waals surface area contributed by atoms with Crippen LogP contribution in [-0.4, -0.2) is 55.5 Å². The number of carbonyl (C=O) groups excluding carboxylic acids is 2. The first kappa shape index (κ1) is 23.8. The van der Waals surface area contributed by atoms with Crippen molar-refractivity contribution in [1.82, 2.24) is 10.6 Å². The summed E-state index contributed by atoms with van der Waals surface area (Å²) in [4.78, 5) is 37.0. The summed E-state index contributed by atoms with van der Waals surface area (Å²) >= 11 is 0. The van der Waals surface area contributed by atoms with Crippen LogP contribution >= 0.6 is 0 Å². The molecule has 0 radical (unpaired) electrons. The van der Waals surface area contributed by atoms with Crippen LogP contribution in [0.2, 0.25) is 0 Å². The Labute approximate surface area is 198 Å². The lowest BCUT2D eigenvalue weighted by molar-refractivity contribution is -0.157. The summed E-state index contributed by atoms with van der Waals surface area (Å²) in [5.41, 5.74) is 3.34. The standard InChI is InChI=1S/C26H30N2O6/c1-2-22(23(29)27-15-26(24(30)31)12-7-13-33-16-26)28-25(32)34-14-21-19-10-5-3-8-17(19)18-9-4-6-11-20(18)21/h3-6,8-11,21-22H,2,7,12-16H2,1H3,(H,27,29)(H,28,32)(H,30,31)/t22-,26?/m1/s1. The van der Waals surface area contributed by atoms with Gasteiger partial charge in [0.25, 0.3) is 0 Å². The maximum absolute atomic E-state index is 12.7. The fraction of sp³-hybridized carbons (Fsp3) is 0.423. The molecule has 1 fully saturated rings. The molecule has 34 heavy (non-hydrogen) atoms. The van der Waals surface area contributed by atoms with E-state index in [2.05, 4.69) is 22.8 Å². The van der Waals surface area contributed by atoms with Gasteiger partial charge in [0.15, 0.2) is 0 Å². The number of carboxylic acids is 1. The van der Waals surface area contributed by atoms with Gasteiger partial charge < -0.3 is 25.2 Å². The van der Waals surface area contributed by atoms with Crippen molar-refractivity contribution >= 4 is 18.0 Å². The molecule has 2 aromatic carbocycles. The number of carboxylic acid groups (broad SMARTS) is 1. The zero-order chi connectivity index (χ0) is 24.1. The summed E-state index contributed by atoms with van der Waals surface area (Å²) in [5.74, 6) is -1.51. The lowest BCUT2D eigenvalue weighted by atomic mass is 9.82. The molecule has 0 saturated carbocycles. The third kappa shape index (κ3) is 4.77. The number of ether oxygens (including phenoxy) is 2. The fourth-order valence-corrected chi connectivity index (χ4v) is 4.75. The smallest absolute Gasteiger partial charge is 0.407 e. The number of fused-ring (bicyclic) bond motifs is 3. The quantitative estimate of drug-likeness (QED) is 0.550. The van der Waals surface area contributed by atoms with Crippen molar-refractivity contribution in [1.29, 1.82) is 0 Å². The highest BCUT2D eigenvalue weighted by molar-refractivity contribution is 5.86. The van der Waals surface area contributed by atoms with Gasteiger partial charge in [0, 0.05) is 19.1 Å². The molecule has 1 aliphatic carbocycles. The van der Waals surface area contributed by atoms with Crippen LogP contribution < -0.4 is 10.6 Å². The minimum Gasteiger partial charge on any atom is -0.481 e. The molecule has 1 unspecified atom stereocenters. The van der Waals surface area contributed by atoms with Crippen molar-refractivity contribution < 1.29 is 29.0 Å². The van der Waals surface area contributed by atoms with E-state index in [-0.39, 0.29) is 25.7 Å². The normalized spacial score (nSPS) is 20.0. The Hall–Kier alpha value is -3.39. The molecule has 3 N–H and O–H groups in total. The second kappa shape index (κ2) is 10.3. The summed E-state index contributed by atoms with van der Waals surface area (Å²) in [6, 6.07) is 15.3. The maximum Gasteiger partial charge on any atom is 0.407 e. The number of carbonyl (C=O) groups is 3. The van der Waals surface area contributed by atoms with Crippen LogP contribution in [0.5, 0.6) is 0 Å². The van der Waals surface area contributed by atoms with Gasteiger partial charge in [-0.2, -0.15) is 0 Å². The van der Waals surface area contributed by atoms with E-state index in [0.717, 1.165) is 22.3 Å². The van der Waals surface area contributed by atoms with Crippen LogP contribution in [-0.2, 0) is 19.1 Å². The predicted octanol–water partition coefficient (Wildman–Crippen LogP) is 3.30. The average Bonchev–Trinajstić information content (AvgIpc) is 3.18. The third-order valence-electron chi connectivity index (χ3n) is 6.74. The summed E-state index contributed by atoms with van der Waals surface area (Å²) in [6.45, 7) is 2.44. The maximum atomic E-state index is 12.7. The first-order valence-electron chi connectivity index (χ1n) is 11.7. The minimum absolute atomic E-state index is 0.0516. The predicted molar refractivity (Wildman–Crippen MR) is 125 cm³/mol. The molecule has 0 bridgehead atoms.